The molecule has 0 saturated heterocycles. The van der Waals surface area contributed by atoms with Gasteiger partial charge in [-0.3, -0.25) is 4.79 Å². The molecular weight excluding hydrogens is 192 g/mol. The minimum absolute atomic E-state index is 0.154. The van der Waals surface area contributed by atoms with Crippen LogP contribution < -0.4 is 11.1 Å². The Labute approximate surface area is 89.8 Å². The van der Waals surface area contributed by atoms with Crippen LogP contribution in [0.3, 0.4) is 0 Å². The van der Waals surface area contributed by atoms with Gasteiger partial charge in [0.2, 0.25) is 5.91 Å². The first kappa shape index (κ1) is 11.8. The second-order valence-corrected chi connectivity index (χ2v) is 4.63. The zero-order valence-corrected chi connectivity index (χ0v) is 9.41. The van der Waals surface area contributed by atoms with E-state index < -0.39 is 6.04 Å². The van der Waals surface area contributed by atoms with E-state index in [-0.39, 0.29) is 11.4 Å². The van der Waals surface area contributed by atoms with Gasteiger partial charge in [0.05, 0.1) is 12.3 Å². The highest BCUT2D eigenvalue weighted by atomic mass is 16.3. The molecule has 1 rings (SSSR count). The molecule has 0 aliphatic rings. The molecule has 0 aliphatic heterocycles. The number of nitrogens with two attached hydrogens (primary N) is 1. The zero-order valence-electron chi connectivity index (χ0n) is 9.41. The van der Waals surface area contributed by atoms with Crippen LogP contribution in [0.2, 0.25) is 0 Å². The van der Waals surface area contributed by atoms with Gasteiger partial charge in [-0.15, -0.1) is 0 Å². The lowest BCUT2D eigenvalue weighted by Gasteiger charge is -2.22. The molecular formula is C11H18N2O2. The van der Waals surface area contributed by atoms with Crippen LogP contribution in [0, 0.1) is 0 Å². The highest BCUT2D eigenvalue weighted by Gasteiger charge is 2.20. The van der Waals surface area contributed by atoms with Gasteiger partial charge >= 0.3 is 0 Å². The second-order valence-electron chi connectivity index (χ2n) is 4.63. The first-order chi connectivity index (χ1) is 6.88. The smallest absolute Gasteiger partial charge is 0.237 e. The molecule has 0 saturated carbocycles. The van der Waals surface area contributed by atoms with Crippen LogP contribution in [0.25, 0.3) is 0 Å². The summed E-state index contributed by atoms with van der Waals surface area (Å²) in [7, 11) is 0. The van der Waals surface area contributed by atoms with Crippen molar-refractivity contribution in [2.75, 3.05) is 0 Å². The molecule has 0 radical (unpaired) electrons. The van der Waals surface area contributed by atoms with E-state index >= 15 is 0 Å². The van der Waals surface area contributed by atoms with Crippen LogP contribution in [-0.4, -0.2) is 17.5 Å². The van der Waals surface area contributed by atoms with Gasteiger partial charge in [0.15, 0.2) is 0 Å². The predicted molar refractivity (Wildman–Crippen MR) is 58.3 cm³/mol. The normalized spacial score (nSPS) is 13.6. The molecule has 1 atom stereocenters. The van der Waals surface area contributed by atoms with Gasteiger partial charge in [-0.05, 0) is 32.9 Å². The van der Waals surface area contributed by atoms with Crippen molar-refractivity contribution in [3.8, 4) is 0 Å². The Hall–Kier alpha value is -1.29. The molecule has 0 unspecified atom stereocenters. The SMILES string of the molecule is CC(C)(C)NC(=O)[C@@H](N)Cc1ccco1. The average molecular weight is 210 g/mol. The van der Waals surface area contributed by atoms with Crippen LogP contribution >= 0.6 is 0 Å². The van der Waals surface area contributed by atoms with Gasteiger partial charge in [0, 0.05) is 12.0 Å². The van der Waals surface area contributed by atoms with Gasteiger partial charge in [-0.1, -0.05) is 0 Å². The summed E-state index contributed by atoms with van der Waals surface area (Å²) in [5.41, 5.74) is 5.49. The summed E-state index contributed by atoms with van der Waals surface area (Å²) in [6, 6.07) is 3.03. The Bertz CT molecular complexity index is 312. The number of hydrogen-bond donors (Lipinski definition) is 2. The minimum atomic E-state index is -0.560. The van der Waals surface area contributed by atoms with Crippen LogP contribution in [0.1, 0.15) is 26.5 Å². The molecule has 4 heteroatoms. The molecule has 1 aromatic heterocycles. The fraction of sp³-hybridized carbons (Fsp3) is 0.545. The molecule has 0 spiro atoms. The summed E-state index contributed by atoms with van der Waals surface area (Å²) < 4.78 is 5.12. The first-order valence-corrected chi connectivity index (χ1v) is 4.98. The minimum Gasteiger partial charge on any atom is -0.469 e. The highest BCUT2D eigenvalue weighted by molar-refractivity contribution is 5.82. The summed E-state index contributed by atoms with van der Waals surface area (Å²) >= 11 is 0. The zero-order chi connectivity index (χ0) is 11.5. The quantitative estimate of drug-likeness (QED) is 0.784. The van der Waals surface area contributed by atoms with Crippen molar-refractivity contribution in [1.29, 1.82) is 0 Å². The summed E-state index contributed by atoms with van der Waals surface area (Å²) in [5, 5.41) is 2.83. The number of hydrogen-bond acceptors (Lipinski definition) is 3. The lowest BCUT2D eigenvalue weighted by Crippen LogP contribution is -2.49. The fourth-order valence-electron chi connectivity index (χ4n) is 1.20. The number of carbonyl (C=O) groups excluding carboxylic acids is 1. The Kier molecular flexibility index (Phi) is 3.52. The highest BCUT2D eigenvalue weighted by Crippen LogP contribution is 2.05. The molecule has 0 aliphatic carbocycles. The Morgan fingerprint density at radius 2 is 2.27 bits per heavy atom. The van der Waals surface area contributed by atoms with E-state index in [1.54, 1.807) is 12.3 Å². The molecule has 0 aromatic carbocycles. The van der Waals surface area contributed by atoms with E-state index in [0.717, 1.165) is 5.76 Å². The van der Waals surface area contributed by atoms with Crippen LogP contribution in [0.4, 0.5) is 0 Å². The van der Waals surface area contributed by atoms with Gasteiger partial charge in [-0.2, -0.15) is 0 Å². The number of carbonyl (C=O) groups is 1. The Morgan fingerprint density at radius 1 is 1.60 bits per heavy atom. The third-order valence-corrected chi connectivity index (χ3v) is 1.84. The molecule has 15 heavy (non-hydrogen) atoms. The maximum Gasteiger partial charge on any atom is 0.237 e. The summed E-state index contributed by atoms with van der Waals surface area (Å²) in [5.74, 6) is 0.574. The second kappa shape index (κ2) is 4.49. The summed E-state index contributed by atoms with van der Waals surface area (Å²) in [4.78, 5) is 11.6. The van der Waals surface area contributed by atoms with E-state index in [0.29, 0.717) is 6.42 Å². The lowest BCUT2D eigenvalue weighted by atomic mass is 10.1. The van der Waals surface area contributed by atoms with E-state index in [4.69, 9.17) is 10.2 Å². The molecule has 0 bridgehead atoms. The molecule has 3 N–H and O–H groups in total. The summed E-state index contributed by atoms with van der Waals surface area (Å²) in [6.07, 6.45) is 2.00. The van der Waals surface area contributed by atoms with Crippen molar-refractivity contribution in [2.45, 2.75) is 38.8 Å². The molecule has 84 valence electrons. The van der Waals surface area contributed by atoms with Crippen molar-refractivity contribution in [2.24, 2.45) is 5.73 Å². The van der Waals surface area contributed by atoms with E-state index in [2.05, 4.69) is 5.32 Å². The monoisotopic (exact) mass is 210 g/mol. The van der Waals surface area contributed by atoms with Crippen LogP contribution in [0.15, 0.2) is 22.8 Å². The predicted octanol–water partition coefficient (Wildman–Crippen LogP) is 1.06. The van der Waals surface area contributed by atoms with E-state index in [9.17, 15) is 4.79 Å². The van der Waals surface area contributed by atoms with E-state index in [1.807, 2.05) is 26.8 Å². The number of furan rings is 1. The molecule has 1 amide bonds. The van der Waals surface area contributed by atoms with Crippen molar-refractivity contribution >= 4 is 5.91 Å². The molecule has 4 nitrogen and oxygen atoms in total. The third kappa shape index (κ3) is 4.16. The number of nitrogens with one attached hydrogen (secondary N) is 1. The number of amides is 1. The van der Waals surface area contributed by atoms with Crippen LogP contribution in [0.5, 0.6) is 0 Å². The maximum absolute atomic E-state index is 11.6. The van der Waals surface area contributed by atoms with Crippen molar-refractivity contribution < 1.29 is 9.21 Å². The first-order valence-electron chi connectivity index (χ1n) is 4.98. The topological polar surface area (TPSA) is 68.3 Å². The largest absolute Gasteiger partial charge is 0.469 e. The van der Waals surface area contributed by atoms with Crippen molar-refractivity contribution in [3.05, 3.63) is 24.2 Å². The molecule has 1 aromatic rings. The van der Waals surface area contributed by atoms with Gasteiger partial charge in [-0.25, -0.2) is 0 Å². The molecule has 0 fully saturated rings. The number of rotatable bonds is 3. The van der Waals surface area contributed by atoms with Crippen molar-refractivity contribution in [1.82, 2.24) is 5.32 Å². The van der Waals surface area contributed by atoms with Gasteiger partial charge in [0.25, 0.3) is 0 Å². The van der Waals surface area contributed by atoms with E-state index in [1.165, 1.54) is 0 Å². The Balaban J connectivity index is 2.47. The van der Waals surface area contributed by atoms with Crippen molar-refractivity contribution in [3.63, 3.8) is 0 Å². The average Bonchev–Trinajstić information content (AvgIpc) is 2.53. The third-order valence-electron chi connectivity index (χ3n) is 1.84. The lowest BCUT2D eigenvalue weighted by molar-refractivity contribution is -0.123. The molecule has 1 heterocycles. The fourth-order valence-corrected chi connectivity index (χ4v) is 1.20. The maximum atomic E-state index is 11.6. The standard InChI is InChI=1S/C11H18N2O2/c1-11(2,3)13-10(14)9(12)7-8-5-4-6-15-8/h4-6,9H,7,12H2,1-3H3,(H,13,14)/t9-/m0/s1. The Morgan fingerprint density at radius 3 is 2.73 bits per heavy atom. The summed E-state index contributed by atoms with van der Waals surface area (Å²) in [6.45, 7) is 5.76. The van der Waals surface area contributed by atoms with Crippen LogP contribution in [-0.2, 0) is 11.2 Å². The van der Waals surface area contributed by atoms with Gasteiger partial charge in [0.1, 0.15) is 5.76 Å². The van der Waals surface area contributed by atoms with Gasteiger partial charge < -0.3 is 15.5 Å².